The summed E-state index contributed by atoms with van der Waals surface area (Å²) >= 11 is 0. The number of H-pyrrole nitrogens is 1. The molecule has 1 aromatic heterocycles. The molecule has 1 atom stereocenters. The van der Waals surface area contributed by atoms with Crippen molar-refractivity contribution in [3.63, 3.8) is 0 Å². The number of carbonyl (C=O) groups is 1. The number of carbonyl (C=O) groups excluding carboxylic acids is 1. The van der Waals surface area contributed by atoms with Gasteiger partial charge in [-0.2, -0.15) is 0 Å². The lowest BCUT2D eigenvalue weighted by molar-refractivity contribution is -0.571. The number of anilines is 1. The summed E-state index contributed by atoms with van der Waals surface area (Å²) in [7, 11) is 0. The fourth-order valence-corrected chi connectivity index (χ4v) is 6.50. The largest absolute Gasteiger partial charge is 0.330 e. The quantitative estimate of drug-likeness (QED) is 0.238. The first-order chi connectivity index (χ1) is 18.4. The Bertz CT molecular complexity index is 1720. The van der Waals surface area contributed by atoms with E-state index in [2.05, 4.69) is 15.3 Å². The number of benzene rings is 4. The molecule has 8 nitrogen and oxygen atoms in total. The van der Waals surface area contributed by atoms with Crippen LogP contribution in [0.25, 0.3) is 22.0 Å². The molecule has 1 heterocycles. The third-order valence-electron chi connectivity index (χ3n) is 8.11. The number of hydrogen-bond acceptors (Lipinski definition) is 5. The monoisotopic (exact) mass is 501 g/mol. The van der Waals surface area contributed by atoms with Gasteiger partial charge < -0.3 is 10.7 Å². The predicted octanol–water partition coefficient (Wildman–Crippen LogP) is 4.94. The molecular formula is C30H23N5O3. The van der Waals surface area contributed by atoms with Crippen molar-refractivity contribution >= 4 is 22.6 Å². The molecule has 0 spiro atoms. The molecule has 4 N–H and O–H groups in total. The second-order valence-corrected chi connectivity index (χ2v) is 10.1. The molecule has 2 bridgehead atoms. The Morgan fingerprint density at radius 2 is 1.58 bits per heavy atom. The zero-order chi connectivity index (χ0) is 26.1. The van der Waals surface area contributed by atoms with Crippen LogP contribution < -0.4 is 11.1 Å². The maximum Gasteiger partial charge on any atom is 0.274 e. The van der Waals surface area contributed by atoms with E-state index in [1.54, 1.807) is 30.5 Å². The molecule has 1 amide bonds. The van der Waals surface area contributed by atoms with E-state index >= 15 is 0 Å². The number of nitrogens with two attached hydrogens (primary N) is 1. The number of nitro groups is 1. The molecule has 4 aromatic carbocycles. The number of hydrogen-bond donors (Lipinski definition) is 3. The maximum atomic E-state index is 13.9. The van der Waals surface area contributed by atoms with E-state index in [0.717, 1.165) is 16.3 Å². The van der Waals surface area contributed by atoms with Crippen molar-refractivity contribution in [2.75, 3.05) is 5.32 Å². The Morgan fingerprint density at radius 3 is 2.29 bits per heavy atom. The minimum absolute atomic E-state index is 0.158. The highest BCUT2D eigenvalue weighted by Gasteiger charge is 2.67. The minimum atomic E-state index is -1.62. The molecule has 0 saturated heterocycles. The Kier molecular flexibility index (Phi) is 4.62. The molecule has 1 unspecified atom stereocenters. The summed E-state index contributed by atoms with van der Waals surface area (Å²) in [6, 6.07) is 28.5. The van der Waals surface area contributed by atoms with Gasteiger partial charge in [0.25, 0.3) is 5.54 Å². The summed E-state index contributed by atoms with van der Waals surface area (Å²) in [6.45, 7) is 0. The minimum Gasteiger partial charge on any atom is -0.330 e. The van der Waals surface area contributed by atoms with Crippen LogP contribution in [-0.4, -0.2) is 26.3 Å². The van der Waals surface area contributed by atoms with Crippen molar-refractivity contribution in [1.82, 2.24) is 9.97 Å². The van der Waals surface area contributed by atoms with Gasteiger partial charge in [-0.25, -0.2) is 4.98 Å². The average Bonchev–Trinajstić information content (AvgIpc) is 3.41. The first kappa shape index (κ1) is 22.4. The lowest BCUT2D eigenvalue weighted by atomic mass is 9.52. The van der Waals surface area contributed by atoms with Crippen molar-refractivity contribution in [1.29, 1.82) is 0 Å². The molecule has 3 aliphatic carbocycles. The summed E-state index contributed by atoms with van der Waals surface area (Å²) in [6.07, 6.45) is 1.57. The molecule has 0 fully saturated rings. The van der Waals surface area contributed by atoms with E-state index in [1.807, 2.05) is 66.7 Å². The van der Waals surface area contributed by atoms with Crippen LogP contribution in [0.1, 0.15) is 34.6 Å². The smallest absolute Gasteiger partial charge is 0.274 e. The number of nitrogens with zero attached hydrogens (tertiary/aromatic N) is 2. The number of amides is 1. The zero-order valence-corrected chi connectivity index (χ0v) is 20.2. The highest BCUT2D eigenvalue weighted by Crippen LogP contribution is 2.59. The third-order valence-corrected chi connectivity index (χ3v) is 8.11. The van der Waals surface area contributed by atoms with E-state index in [4.69, 9.17) is 5.73 Å². The lowest BCUT2D eigenvalue weighted by Gasteiger charge is -2.51. The van der Waals surface area contributed by atoms with Crippen molar-refractivity contribution in [3.05, 3.63) is 130 Å². The highest BCUT2D eigenvalue weighted by atomic mass is 16.6. The Morgan fingerprint density at radius 1 is 0.947 bits per heavy atom. The van der Waals surface area contributed by atoms with E-state index in [1.165, 1.54) is 0 Å². The zero-order valence-electron chi connectivity index (χ0n) is 20.2. The molecule has 0 radical (unpaired) electrons. The number of nitrogens with one attached hydrogen (secondary N) is 2. The first-order valence-electron chi connectivity index (χ1n) is 12.4. The molecule has 38 heavy (non-hydrogen) atoms. The van der Waals surface area contributed by atoms with Crippen LogP contribution in [0.15, 0.2) is 97.2 Å². The van der Waals surface area contributed by atoms with Crippen LogP contribution >= 0.6 is 0 Å². The predicted molar refractivity (Wildman–Crippen MR) is 144 cm³/mol. The van der Waals surface area contributed by atoms with Crippen LogP contribution in [0.2, 0.25) is 0 Å². The van der Waals surface area contributed by atoms with Gasteiger partial charge >= 0.3 is 0 Å². The number of aromatic nitrogens is 2. The first-order valence-corrected chi connectivity index (χ1v) is 12.4. The summed E-state index contributed by atoms with van der Waals surface area (Å²) in [5, 5.41) is 17.8. The number of rotatable bonds is 4. The molecule has 5 aromatic rings. The van der Waals surface area contributed by atoms with Crippen LogP contribution in [-0.2, 0) is 10.3 Å². The standard InChI is InChI=1S/C30H23N5O3/c31-29(27(36)34-28-32-16-25(33-28)20-13-7-9-18-8-1-2-10-19(18)20)17-30(35(37)38)23-14-5-3-11-21(23)26(29)22-12-4-6-15-24(22)30/h1-16,26H,17,31H2,(H2,32,33,34,36). The Balaban J connectivity index is 1.30. The van der Waals surface area contributed by atoms with Gasteiger partial charge in [0.1, 0.15) is 5.54 Å². The van der Waals surface area contributed by atoms with Crippen LogP contribution in [0.4, 0.5) is 5.95 Å². The van der Waals surface area contributed by atoms with Gasteiger partial charge in [-0.1, -0.05) is 91.0 Å². The van der Waals surface area contributed by atoms with Gasteiger partial charge in [0.2, 0.25) is 11.9 Å². The van der Waals surface area contributed by atoms with E-state index in [-0.39, 0.29) is 17.3 Å². The van der Waals surface area contributed by atoms with Gasteiger partial charge in [-0.05, 0) is 21.9 Å². The average molecular weight is 502 g/mol. The van der Waals surface area contributed by atoms with Gasteiger partial charge in [-0.3, -0.25) is 20.2 Å². The van der Waals surface area contributed by atoms with Gasteiger partial charge in [0, 0.05) is 33.7 Å². The highest BCUT2D eigenvalue weighted by molar-refractivity contribution is 6.00. The van der Waals surface area contributed by atoms with E-state index < -0.39 is 22.9 Å². The van der Waals surface area contributed by atoms with Crippen LogP contribution in [0.5, 0.6) is 0 Å². The van der Waals surface area contributed by atoms with E-state index in [9.17, 15) is 14.9 Å². The number of aromatic amines is 1. The Labute approximate surface area is 217 Å². The van der Waals surface area contributed by atoms with Gasteiger partial charge in [-0.15, -0.1) is 0 Å². The van der Waals surface area contributed by atoms with Crippen molar-refractivity contribution in [2.24, 2.45) is 5.73 Å². The molecule has 0 aliphatic heterocycles. The molecule has 0 saturated carbocycles. The van der Waals surface area contributed by atoms with Crippen LogP contribution in [0.3, 0.4) is 0 Å². The van der Waals surface area contributed by atoms with Crippen LogP contribution in [0, 0.1) is 10.1 Å². The summed E-state index contributed by atoms with van der Waals surface area (Å²) in [5.74, 6) is -0.818. The SMILES string of the molecule is NC1(C(=O)Nc2nc(-c3cccc4ccccc34)c[nH]2)CC2([N+](=O)[O-])c3ccccc3C1c1ccccc12. The number of imidazole rings is 1. The van der Waals surface area contributed by atoms with Crippen molar-refractivity contribution in [3.8, 4) is 11.3 Å². The normalized spacial score (nSPS) is 23.0. The molecule has 3 aliphatic rings. The van der Waals surface area contributed by atoms with E-state index in [0.29, 0.717) is 27.9 Å². The summed E-state index contributed by atoms with van der Waals surface area (Å²) < 4.78 is 0. The lowest BCUT2D eigenvalue weighted by Crippen LogP contribution is -2.66. The van der Waals surface area contributed by atoms with Crippen molar-refractivity contribution < 1.29 is 9.72 Å². The third kappa shape index (κ3) is 2.89. The summed E-state index contributed by atoms with van der Waals surface area (Å²) in [5.41, 5.74) is 7.95. The second kappa shape index (κ2) is 7.84. The summed E-state index contributed by atoms with van der Waals surface area (Å²) in [4.78, 5) is 34.1. The molecular weight excluding hydrogens is 478 g/mol. The second-order valence-electron chi connectivity index (χ2n) is 10.1. The molecule has 8 rings (SSSR count). The maximum absolute atomic E-state index is 13.9. The van der Waals surface area contributed by atoms with Gasteiger partial charge in [0.15, 0.2) is 0 Å². The molecule has 8 heteroatoms. The van der Waals surface area contributed by atoms with Crippen molar-refractivity contribution in [2.45, 2.75) is 23.4 Å². The fourth-order valence-electron chi connectivity index (χ4n) is 6.50. The molecule has 186 valence electrons. The number of fused-ring (bicyclic) bond motifs is 2. The van der Waals surface area contributed by atoms with Gasteiger partial charge in [0.05, 0.1) is 12.1 Å². The fraction of sp³-hybridized carbons (Fsp3) is 0.133. The topological polar surface area (TPSA) is 127 Å². The Hall–Kier alpha value is -4.82.